The Morgan fingerprint density at radius 1 is 0.264 bits per heavy atom. The van der Waals surface area contributed by atoms with E-state index >= 15 is 0 Å². The number of fused-ring (bicyclic) bond motifs is 6. The molecule has 412 valence electrons. The van der Waals surface area contributed by atoms with Crippen LogP contribution in [0.4, 0.5) is 17.1 Å². The fourth-order valence-corrected chi connectivity index (χ4v) is 15.2. The first-order valence-corrected chi connectivity index (χ1v) is 31.5. The highest BCUT2D eigenvalue weighted by Gasteiger charge is 2.37. The topological polar surface area (TPSA) is 8.17 Å². The molecule has 0 saturated heterocycles. The van der Waals surface area contributed by atoms with Gasteiger partial charge in [-0.25, -0.2) is 0 Å². The molecule has 4 heteroatoms. The summed E-state index contributed by atoms with van der Waals surface area (Å²) in [5, 5.41) is 2.45. The Labute approximate surface area is 516 Å². The van der Waals surface area contributed by atoms with Gasteiger partial charge >= 0.3 is 0 Å². The fourth-order valence-electron chi connectivity index (χ4n) is 13.1. The first-order chi connectivity index (χ1) is 42.8. The maximum absolute atomic E-state index is 2.50. The van der Waals surface area contributed by atoms with Crippen LogP contribution in [0.2, 0.25) is 0 Å². The molecule has 0 unspecified atom stereocenters. The third kappa shape index (κ3) is 9.51. The quantitative estimate of drug-likeness (QED) is 0.118. The highest BCUT2D eigenvalue weighted by molar-refractivity contribution is 7.19. The molecule has 0 amide bonds. The first-order valence-electron chi connectivity index (χ1n) is 29.9. The van der Waals surface area contributed by atoms with Crippen molar-refractivity contribution in [1.82, 2.24) is 4.57 Å². The Morgan fingerprint density at radius 2 is 0.575 bits per heavy atom. The van der Waals surface area contributed by atoms with Gasteiger partial charge in [-0.3, -0.25) is 0 Å². The van der Waals surface area contributed by atoms with Gasteiger partial charge in [-0.05, 0) is 186 Å². The van der Waals surface area contributed by atoms with E-state index in [4.69, 9.17) is 0 Å². The van der Waals surface area contributed by atoms with Gasteiger partial charge in [-0.15, -0.1) is 22.7 Å². The van der Waals surface area contributed by atoms with E-state index in [2.05, 4.69) is 339 Å². The molecule has 16 rings (SSSR count). The number of rotatable bonds is 12. The molecule has 12 aromatic carbocycles. The molecule has 3 heterocycles. The van der Waals surface area contributed by atoms with E-state index in [0.717, 1.165) is 22.7 Å². The van der Waals surface area contributed by atoms with Crippen molar-refractivity contribution in [2.75, 3.05) is 4.90 Å². The average Bonchev–Trinajstić information content (AvgIpc) is 1.65. The molecule has 0 spiro atoms. The summed E-state index contributed by atoms with van der Waals surface area (Å²) in [6.07, 6.45) is 0. The number of hydrogen-bond acceptors (Lipinski definition) is 3. The zero-order valence-corrected chi connectivity index (χ0v) is 49.9. The number of hydrogen-bond donors (Lipinski definition) is 0. The molecular weight excluding hydrogens is 1090 g/mol. The van der Waals surface area contributed by atoms with Crippen LogP contribution in [0.25, 0.3) is 125 Å². The van der Waals surface area contributed by atoms with Crippen LogP contribution in [-0.4, -0.2) is 4.57 Å². The van der Waals surface area contributed by atoms with Gasteiger partial charge in [0.05, 0.1) is 11.0 Å². The SMILES string of the molecule is CC1(C)c2cc(N(c3ccc(-c4ccccc4)cc3)c3ccc(-c4ccccc4)cc3)ccc2-c2ccc(-n3c4ccc(-c5ccc(-c6ccc(-c7ccccc7)s6)cc5)cc4c4cc(-c5ccc(-c6ccc(-c7ccccc7)s6)cc5)ccc43)cc21. The van der Waals surface area contributed by atoms with Gasteiger partial charge in [0, 0.05) is 58.4 Å². The Kier molecular flexibility index (Phi) is 13.0. The molecule has 0 aliphatic heterocycles. The van der Waals surface area contributed by atoms with Crippen LogP contribution in [0.15, 0.2) is 315 Å². The van der Waals surface area contributed by atoms with Crippen LogP contribution in [0.1, 0.15) is 25.0 Å². The lowest BCUT2D eigenvalue weighted by molar-refractivity contribution is 0.660. The van der Waals surface area contributed by atoms with Gasteiger partial charge in [-0.2, -0.15) is 0 Å². The molecule has 1 aliphatic rings. The van der Waals surface area contributed by atoms with E-state index in [0.29, 0.717) is 0 Å². The van der Waals surface area contributed by atoms with Gasteiger partial charge < -0.3 is 9.47 Å². The van der Waals surface area contributed by atoms with Gasteiger partial charge in [-0.1, -0.05) is 232 Å². The van der Waals surface area contributed by atoms with Crippen LogP contribution in [0, 0.1) is 0 Å². The largest absolute Gasteiger partial charge is 0.310 e. The lowest BCUT2D eigenvalue weighted by Crippen LogP contribution is -2.17. The van der Waals surface area contributed by atoms with Crippen molar-refractivity contribution < 1.29 is 0 Å². The maximum atomic E-state index is 2.50. The lowest BCUT2D eigenvalue weighted by Gasteiger charge is -2.28. The second kappa shape index (κ2) is 21.6. The third-order valence-electron chi connectivity index (χ3n) is 17.7. The summed E-state index contributed by atoms with van der Waals surface area (Å²) in [6, 6.07) is 116. The highest BCUT2D eigenvalue weighted by atomic mass is 32.1. The van der Waals surface area contributed by atoms with Crippen molar-refractivity contribution in [2.24, 2.45) is 0 Å². The van der Waals surface area contributed by atoms with Gasteiger partial charge in [0.2, 0.25) is 0 Å². The molecule has 0 fully saturated rings. The highest BCUT2D eigenvalue weighted by Crippen LogP contribution is 2.52. The number of anilines is 3. The minimum absolute atomic E-state index is 0.299. The molecule has 15 aromatic rings. The normalized spacial score (nSPS) is 12.3. The van der Waals surface area contributed by atoms with Crippen molar-refractivity contribution >= 4 is 61.5 Å². The van der Waals surface area contributed by atoms with E-state index in [1.54, 1.807) is 0 Å². The maximum Gasteiger partial charge on any atom is 0.0541 e. The fraction of sp³-hybridized carbons (Fsp3) is 0.0361. The van der Waals surface area contributed by atoms with Crippen LogP contribution in [0.3, 0.4) is 0 Å². The molecular formula is C83H58N2S2. The second-order valence-corrected chi connectivity index (χ2v) is 25.4. The molecule has 0 bridgehead atoms. The van der Waals surface area contributed by atoms with Crippen molar-refractivity contribution in [3.63, 3.8) is 0 Å². The standard InChI is InChI=1S/C83H58N2S2/c1-83(2)75-53-69(84(67-37-31-57(32-38-67)55-15-7-3-8-16-55)68-39-33-58(34-40-68)56-17-9-4-10-18-56)41-43-71(75)72-44-42-70(54-76(72)83)85-77-45-35-65(59-23-27-63(28-24-59)81-49-47-79(86-81)61-19-11-5-12-20-61)51-73(77)74-52-66(36-46-78(74)85)60-25-29-64(30-26-60)82-50-48-80(87-82)62-21-13-6-14-22-62/h3-54H,1-2H3. The van der Waals surface area contributed by atoms with E-state index < -0.39 is 0 Å². The summed E-state index contributed by atoms with van der Waals surface area (Å²) in [4.78, 5) is 7.51. The van der Waals surface area contributed by atoms with Crippen molar-refractivity contribution in [3.05, 3.63) is 327 Å². The Hall–Kier alpha value is -10.4. The van der Waals surface area contributed by atoms with Crippen molar-refractivity contribution in [1.29, 1.82) is 0 Å². The Bertz CT molecular complexity index is 4740. The van der Waals surface area contributed by atoms with E-state index in [1.807, 2.05) is 22.7 Å². The molecule has 0 atom stereocenters. The summed E-state index contributed by atoms with van der Waals surface area (Å²) >= 11 is 3.68. The van der Waals surface area contributed by atoms with Gasteiger partial charge in [0.15, 0.2) is 0 Å². The predicted molar refractivity (Wildman–Crippen MR) is 372 cm³/mol. The average molecular weight is 1150 g/mol. The van der Waals surface area contributed by atoms with Crippen LogP contribution < -0.4 is 4.90 Å². The molecule has 0 radical (unpaired) electrons. The monoisotopic (exact) mass is 1150 g/mol. The van der Waals surface area contributed by atoms with Crippen molar-refractivity contribution in [2.45, 2.75) is 19.3 Å². The molecule has 0 saturated carbocycles. The Morgan fingerprint density at radius 3 is 1.00 bits per heavy atom. The summed E-state index contributed by atoms with van der Waals surface area (Å²) in [5.41, 5.74) is 26.3. The summed E-state index contributed by atoms with van der Waals surface area (Å²) < 4.78 is 2.50. The number of benzene rings is 12. The predicted octanol–water partition coefficient (Wildman–Crippen LogP) is 24.0. The Balaban J connectivity index is 0.771. The third-order valence-corrected chi connectivity index (χ3v) is 20.1. The van der Waals surface area contributed by atoms with Crippen LogP contribution in [-0.2, 0) is 5.41 Å². The van der Waals surface area contributed by atoms with E-state index in [1.165, 1.54) is 130 Å². The first kappa shape index (κ1) is 52.2. The van der Waals surface area contributed by atoms with E-state index in [9.17, 15) is 0 Å². The zero-order chi connectivity index (χ0) is 58.0. The second-order valence-electron chi connectivity index (χ2n) is 23.3. The summed E-state index contributed by atoms with van der Waals surface area (Å²) in [7, 11) is 0. The van der Waals surface area contributed by atoms with Crippen LogP contribution >= 0.6 is 22.7 Å². The number of nitrogens with zero attached hydrogens (tertiary/aromatic N) is 2. The van der Waals surface area contributed by atoms with Gasteiger partial charge in [0.25, 0.3) is 0 Å². The summed E-state index contributed by atoms with van der Waals surface area (Å²) in [6.45, 7) is 4.81. The van der Waals surface area contributed by atoms with Gasteiger partial charge in [0.1, 0.15) is 0 Å². The number of thiophene rings is 2. The minimum atomic E-state index is -0.299. The van der Waals surface area contributed by atoms with Crippen molar-refractivity contribution in [3.8, 4) is 103 Å². The van der Waals surface area contributed by atoms with Crippen LogP contribution in [0.5, 0.6) is 0 Å². The minimum Gasteiger partial charge on any atom is -0.310 e. The molecule has 2 nitrogen and oxygen atoms in total. The van der Waals surface area contributed by atoms with E-state index in [-0.39, 0.29) is 5.41 Å². The summed E-state index contributed by atoms with van der Waals surface area (Å²) in [5.74, 6) is 0. The number of aromatic nitrogens is 1. The lowest BCUT2D eigenvalue weighted by atomic mass is 9.82. The zero-order valence-electron chi connectivity index (χ0n) is 48.2. The molecule has 0 N–H and O–H groups in total. The molecule has 87 heavy (non-hydrogen) atoms. The molecule has 1 aliphatic carbocycles. The smallest absolute Gasteiger partial charge is 0.0541 e. The molecule has 3 aromatic heterocycles.